The van der Waals surface area contributed by atoms with Crippen LogP contribution in [0.2, 0.25) is 0 Å². The summed E-state index contributed by atoms with van der Waals surface area (Å²) < 4.78 is 22.1. The van der Waals surface area contributed by atoms with E-state index in [2.05, 4.69) is 27.8 Å². The van der Waals surface area contributed by atoms with E-state index in [1.54, 1.807) is 6.07 Å². The van der Waals surface area contributed by atoms with Crippen LogP contribution in [0.1, 0.15) is 26.1 Å². The largest absolute Gasteiger partial charge is 0.376 e. The van der Waals surface area contributed by atoms with Gasteiger partial charge in [-0.05, 0) is 42.3 Å². The second-order valence-corrected chi connectivity index (χ2v) is 6.49. The molecule has 0 aliphatic carbocycles. The zero-order chi connectivity index (χ0) is 14.5. The Morgan fingerprint density at radius 1 is 1.60 bits per heavy atom. The maximum atomic E-state index is 13.9. The fraction of sp³-hybridized carbons (Fsp3) is 0.500. The first-order valence-corrected chi connectivity index (χ1v) is 7.84. The van der Waals surface area contributed by atoms with Gasteiger partial charge in [0.1, 0.15) is 11.6 Å². The standard InChI is InChI=1S/C14H15BrClFN2O/c1-8-14(2,3-4-20-8)19-12-6-10(17)9(15)5-11(12)18-13(19)7-16/h5-6,8H,3-4,7H2,1-2H3. The first kappa shape index (κ1) is 14.3. The SMILES string of the molecule is CC1OCCC1(C)n1c(CCl)nc2cc(Br)c(F)cc21. The van der Waals surface area contributed by atoms with Crippen LogP contribution in [0.4, 0.5) is 4.39 Å². The highest BCUT2D eigenvalue weighted by Crippen LogP contribution is 2.38. The zero-order valence-corrected chi connectivity index (χ0v) is 13.6. The van der Waals surface area contributed by atoms with Crippen LogP contribution in [0.3, 0.4) is 0 Å². The number of imidazole rings is 1. The van der Waals surface area contributed by atoms with E-state index in [0.717, 1.165) is 23.3 Å². The Balaban J connectivity index is 2.30. The molecule has 6 heteroatoms. The van der Waals surface area contributed by atoms with Gasteiger partial charge in [0.15, 0.2) is 0 Å². The van der Waals surface area contributed by atoms with Crippen LogP contribution in [-0.4, -0.2) is 22.3 Å². The second kappa shape index (κ2) is 4.97. The average molecular weight is 362 g/mol. The van der Waals surface area contributed by atoms with E-state index >= 15 is 0 Å². The van der Waals surface area contributed by atoms with Gasteiger partial charge in [0.25, 0.3) is 0 Å². The zero-order valence-electron chi connectivity index (χ0n) is 11.3. The lowest BCUT2D eigenvalue weighted by atomic mass is 9.93. The Morgan fingerprint density at radius 3 is 2.95 bits per heavy atom. The normalized spacial score (nSPS) is 26.6. The smallest absolute Gasteiger partial charge is 0.139 e. The lowest BCUT2D eigenvalue weighted by Crippen LogP contribution is -2.37. The molecule has 108 valence electrons. The number of hydrogen-bond donors (Lipinski definition) is 0. The predicted molar refractivity (Wildman–Crippen MR) is 80.6 cm³/mol. The van der Waals surface area contributed by atoms with Crippen LogP contribution in [0.25, 0.3) is 11.0 Å². The number of hydrogen-bond acceptors (Lipinski definition) is 2. The van der Waals surface area contributed by atoms with Gasteiger partial charge in [-0.2, -0.15) is 0 Å². The van der Waals surface area contributed by atoms with Crippen molar-refractivity contribution >= 4 is 38.6 Å². The van der Waals surface area contributed by atoms with Crippen LogP contribution in [-0.2, 0) is 16.2 Å². The van der Waals surface area contributed by atoms with Gasteiger partial charge in [-0.3, -0.25) is 0 Å². The summed E-state index contributed by atoms with van der Waals surface area (Å²) in [5, 5.41) is 0. The topological polar surface area (TPSA) is 27.1 Å². The van der Waals surface area contributed by atoms with Crippen LogP contribution in [0.15, 0.2) is 16.6 Å². The van der Waals surface area contributed by atoms with Gasteiger partial charge in [0.2, 0.25) is 0 Å². The minimum atomic E-state index is -0.296. The van der Waals surface area contributed by atoms with Crippen LogP contribution in [0.5, 0.6) is 0 Å². The van der Waals surface area contributed by atoms with Gasteiger partial charge in [0, 0.05) is 12.7 Å². The fourth-order valence-electron chi connectivity index (χ4n) is 2.90. The molecule has 1 aromatic heterocycles. The van der Waals surface area contributed by atoms with Gasteiger partial charge in [-0.1, -0.05) is 0 Å². The molecule has 3 rings (SSSR count). The summed E-state index contributed by atoms with van der Waals surface area (Å²) in [6, 6.07) is 3.21. The van der Waals surface area contributed by atoms with E-state index in [1.165, 1.54) is 6.07 Å². The van der Waals surface area contributed by atoms with Crippen LogP contribution >= 0.6 is 27.5 Å². The molecule has 20 heavy (non-hydrogen) atoms. The summed E-state index contributed by atoms with van der Waals surface area (Å²) in [6.07, 6.45) is 0.898. The molecule has 0 N–H and O–H groups in total. The highest BCUT2D eigenvalue weighted by atomic mass is 79.9. The molecule has 2 heterocycles. The third-order valence-electron chi connectivity index (χ3n) is 4.25. The Morgan fingerprint density at radius 2 is 2.35 bits per heavy atom. The number of fused-ring (bicyclic) bond motifs is 1. The third kappa shape index (κ3) is 1.98. The number of aromatic nitrogens is 2. The van der Waals surface area contributed by atoms with E-state index in [0.29, 0.717) is 11.1 Å². The molecule has 1 aliphatic heterocycles. The first-order valence-electron chi connectivity index (χ1n) is 6.52. The highest BCUT2D eigenvalue weighted by Gasteiger charge is 2.41. The van der Waals surface area contributed by atoms with Gasteiger partial charge < -0.3 is 9.30 Å². The van der Waals surface area contributed by atoms with E-state index in [4.69, 9.17) is 16.3 Å². The Bertz CT molecular complexity index is 675. The maximum absolute atomic E-state index is 13.9. The van der Waals surface area contributed by atoms with Crippen LogP contribution < -0.4 is 0 Å². The Labute approximate surface area is 130 Å². The van der Waals surface area contributed by atoms with Crippen molar-refractivity contribution in [2.45, 2.75) is 37.8 Å². The predicted octanol–water partition coefficient (Wildman–Crippen LogP) is 4.20. The fourth-order valence-corrected chi connectivity index (χ4v) is 3.41. The number of rotatable bonds is 2. The minimum absolute atomic E-state index is 0.0357. The molecular weight excluding hydrogens is 347 g/mol. The van der Waals surface area contributed by atoms with Crippen molar-refractivity contribution in [3.05, 3.63) is 28.2 Å². The molecule has 3 nitrogen and oxygen atoms in total. The lowest BCUT2D eigenvalue weighted by Gasteiger charge is -2.31. The summed E-state index contributed by atoms with van der Waals surface area (Å²) in [6.45, 7) is 4.84. The molecule has 1 fully saturated rings. The summed E-state index contributed by atoms with van der Waals surface area (Å²) >= 11 is 9.24. The molecule has 0 amide bonds. The van der Waals surface area contributed by atoms with Gasteiger partial charge in [-0.15, -0.1) is 11.6 Å². The number of ether oxygens (including phenoxy) is 1. The van der Waals surface area contributed by atoms with Crippen LogP contribution in [0, 0.1) is 5.82 Å². The summed E-state index contributed by atoms with van der Waals surface area (Å²) in [5.41, 5.74) is 1.26. The number of halogens is 3. The van der Waals surface area contributed by atoms with Crippen molar-refractivity contribution in [1.82, 2.24) is 9.55 Å². The number of nitrogens with zero attached hydrogens (tertiary/aromatic N) is 2. The molecule has 0 spiro atoms. The van der Waals surface area contributed by atoms with Gasteiger partial charge in [-0.25, -0.2) is 9.37 Å². The second-order valence-electron chi connectivity index (χ2n) is 5.37. The molecule has 1 aliphatic rings. The molecule has 0 radical (unpaired) electrons. The number of alkyl halides is 1. The third-order valence-corrected chi connectivity index (χ3v) is 5.09. The molecule has 2 aromatic rings. The Kier molecular flexibility index (Phi) is 3.55. The molecule has 0 bridgehead atoms. The molecule has 2 atom stereocenters. The van der Waals surface area contributed by atoms with Crippen molar-refractivity contribution < 1.29 is 9.13 Å². The maximum Gasteiger partial charge on any atom is 0.139 e. The summed E-state index contributed by atoms with van der Waals surface area (Å²) in [4.78, 5) is 4.54. The highest BCUT2D eigenvalue weighted by molar-refractivity contribution is 9.10. The van der Waals surface area contributed by atoms with Crippen molar-refractivity contribution in [3.8, 4) is 0 Å². The molecular formula is C14H15BrClFN2O. The van der Waals surface area contributed by atoms with Crippen molar-refractivity contribution in [3.63, 3.8) is 0 Å². The summed E-state index contributed by atoms with van der Waals surface area (Å²) in [7, 11) is 0. The summed E-state index contributed by atoms with van der Waals surface area (Å²) in [5.74, 6) is 0.741. The van der Waals surface area contributed by atoms with Gasteiger partial charge in [0.05, 0.1) is 33.0 Å². The van der Waals surface area contributed by atoms with E-state index in [-0.39, 0.29) is 23.3 Å². The van der Waals surface area contributed by atoms with E-state index in [1.807, 2.05) is 11.5 Å². The van der Waals surface area contributed by atoms with Crippen molar-refractivity contribution in [1.29, 1.82) is 0 Å². The molecule has 1 saturated heterocycles. The first-order chi connectivity index (χ1) is 9.47. The van der Waals surface area contributed by atoms with Crippen molar-refractivity contribution in [2.24, 2.45) is 0 Å². The number of benzene rings is 1. The molecule has 1 aromatic carbocycles. The molecule has 2 unspecified atom stereocenters. The van der Waals surface area contributed by atoms with Gasteiger partial charge >= 0.3 is 0 Å². The quantitative estimate of drug-likeness (QED) is 0.750. The van der Waals surface area contributed by atoms with Crippen molar-refractivity contribution in [2.75, 3.05) is 6.61 Å². The minimum Gasteiger partial charge on any atom is -0.376 e. The monoisotopic (exact) mass is 360 g/mol. The molecule has 0 saturated carbocycles. The Hall–Kier alpha value is -0.650. The van der Waals surface area contributed by atoms with E-state index in [9.17, 15) is 4.39 Å². The average Bonchev–Trinajstić information content (AvgIpc) is 2.92. The van der Waals surface area contributed by atoms with E-state index < -0.39 is 0 Å². The lowest BCUT2D eigenvalue weighted by molar-refractivity contribution is 0.0766.